The van der Waals surface area contributed by atoms with E-state index in [1.54, 1.807) is 0 Å². The third-order valence-electron chi connectivity index (χ3n) is 2.76. The molecule has 0 bridgehead atoms. The first-order valence-corrected chi connectivity index (χ1v) is 6.68. The molecule has 2 aromatic rings. The highest BCUT2D eigenvalue weighted by atomic mass is 79.9. The quantitative estimate of drug-likeness (QED) is 0.942. The summed E-state index contributed by atoms with van der Waals surface area (Å²) in [5.41, 5.74) is 7.10. The monoisotopic (exact) mass is 309 g/mol. The number of hydrogen-bond acceptors (Lipinski definition) is 4. The Morgan fingerprint density at radius 2 is 1.94 bits per heavy atom. The van der Waals surface area contributed by atoms with Crippen LogP contribution in [0.15, 0.2) is 33.3 Å². The molecule has 0 unspecified atom stereocenters. The summed E-state index contributed by atoms with van der Waals surface area (Å²) in [5, 5.41) is 3.96. The smallest absolute Gasteiger partial charge is 0.243 e. The molecule has 5 heteroatoms. The molecule has 0 aliphatic carbocycles. The van der Waals surface area contributed by atoms with E-state index in [0.717, 1.165) is 10.0 Å². The van der Waals surface area contributed by atoms with Crippen LogP contribution >= 0.6 is 15.9 Å². The number of hydrogen-bond donors (Lipinski definition) is 1. The lowest BCUT2D eigenvalue weighted by molar-refractivity contribution is 0.322. The second-order valence-electron chi connectivity index (χ2n) is 4.62. The average molecular weight is 310 g/mol. The van der Waals surface area contributed by atoms with Crippen LogP contribution in [-0.2, 0) is 6.42 Å². The van der Waals surface area contributed by atoms with Crippen molar-refractivity contribution in [1.82, 2.24) is 10.1 Å². The summed E-state index contributed by atoms with van der Waals surface area (Å²) in [6.07, 6.45) is 0.654. The zero-order valence-electron chi connectivity index (χ0n) is 10.4. The van der Waals surface area contributed by atoms with Crippen molar-refractivity contribution in [1.29, 1.82) is 0 Å². The average Bonchev–Trinajstić information content (AvgIpc) is 2.79. The maximum atomic E-state index is 5.96. The summed E-state index contributed by atoms with van der Waals surface area (Å²) in [4.78, 5) is 4.33. The van der Waals surface area contributed by atoms with Gasteiger partial charge in [0.05, 0.1) is 6.04 Å². The number of benzene rings is 1. The molecule has 0 aliphatic rings. The van der Waals surface area contributed by atoms with E-state index in [2.05, 4.69) is 26.1 Å². The van der Waals surface area contributed by atoms with Crippen LogP contribution in [0.5, 0.6) is 0 Å². The van der Waals surface area contributed by atoms with E-state index in [1.807, 2.05) is 38.1 Å². The van der Waals surface area contributed by atoms with Crippen molar-refractivity contribution in [2.24, 2.45) is 11.7 Å². The molecule has 0 saturated carbocycles. The Balaban J connectivity index is 2.09. The van der Waals surface area contributed by atoms with Crippen LogP contribution < -0.4 is 5.73 Å². The predicted octanol–water partition coefficient (Wildman–Crippen LogP) is 3.08. The Bertz CT molecular complexity index is 507. The molecule has 2 rings (SSSR count). The van der Waals surface area contributed by atoms with E-state index in [-0.39, 0.29) is 12.0 Å². The van der Waals surface area contributed by atoms with Gasteiger partial charge in [-0.25, -0.2) is 0 Å². The Hall–Kier alpha value is -1.20. The molecule has 96 valence electrons. The fraction of sp³-hybridized carbons (Fsp3) is 0.385. The predicted molar refractivity (Wildman–Crippen MR) is 73.0 cm³/mol. The summed E-state index contributed by atoms with van der Waals surface area (Å²) < 4.78 is 6.25. The summed E-state index contributed by atoms with van der Waals surface area (Å²) in [6, 6.07) is 7.85. The lowest BCUT2D eigenvalue weighted by Gasteiger charge is -2.09. The Morgan fingerprint density at radius 1 is 1.28 bits per heavy atom. The number of halogens is 1. The first kappa shape index (κ1) is 13.2. The third kappa shape index (κ3) is 3.17. The number of rotatable bonds is 4. The van der Waals surface area contributed by atoms with E-state index in [0.29, 0.717) is 18.1 Å². The maximum Gasteiger partial charge on any atom is 0.243 e. The lowest BCUT2D eigenvalue weighted by Crippen LogP contribution is -2.17. The number of nitrogens with zero attached hydrogens (tertiary/aromatic N) is 2. The van der Waals surface area contributed by atoms with Gasteiger partial charge < -0.3 is 10.3 Å². The van der Waals surface area contributed by atoms with Gasteiger partial charge in [0.1, 0.15) is 0 Å². The molecule has 1 atom stereocenters. The van der Waals surface area contributed by atoms with Gasteiger partial charge in [0.15, 0.2) is 5.82 Å². The minimum Gasteiger partial charge on any atom is -0.338 e. The molecule has 0 spiro atoms. The van der Waals surface area contributed by atoms with Gasteiger partial charge >= 0.3 is 0 Å². The lowest BCUT2D eigenvalue weighted by atomic mass is 10.1. The van der Waals surface area contributed by atoms with E-state index >= 15 is 0 Å². The van der Waals surface area contributed by atoms with Crippen LogP contribution in [0.4, 0.5) is 0 Å². The second kappa shape index (κ2) is 5.63. The third-order valence-corrected chi connectivity index (χ3v) is 3.29. The minimum atomic E-state index is -0.198. The molecule has 1 aromatic carbocycles. The highest BCUT2D eigenvalue weighted by Gasteiger charge is 2.17. The van der Waals surface area contributed by atoms with Gasteiger partial charge in [0.2, 0.25) is 5.89 Å². The van der Waals surface area contributed by atoms with Crippen molar-refractivity contribution in [2.75, 3.05) is 0 Å². The first-order chi connectivity index (χ1) is 8.56. The molecule has 0 radical (unpaired) electrons. The van der Waals surface area contributed by atoms with Gasteiger partial charge in [-0.3, -0.25) is 0 Å². The molecule has 0 saturated heterocycles. The van der Waals surface area contributed by atoms with Crippen LogP contribution in [0.1, 0.15) is 37.2 Å². The second-order valence-corrected chi connectivity index (χ2v) is 5.54. The van der Waals surface area contributed by atoms with Crippen molar-refractivity contribution >= 4 is 15.9 Å². The Kier molecular flexibility index (Phi) is 4.14. The van der Waals surface area contributed by atoms with E-state index in [1.165, 1.54) is 0 Å². The minimum absolute atomic E-state index is 0.198. The summed E-state index contributed by atoms with van der Waals surface area (Å²) >= 11 is 3.40. The van der Waals surface area contributed by atoms with Gasteiger partial charge in [-0.15, -0.1) is 0 Å². The van der Waals surface area contributed by atoms with E-state index < -0.39 is 0 Å². The molecule has 18 heavy (non-hydrogen) atoms. The number of nitrogens with two attached hydrogens (primary N) is 1. The molecule has 0 fully saturated rings. The Morgan fingerprint density at radius 3 is 2.56 bits per heavy atom. The first-order valence-electron chi connectivity index (χ1n) is 5.89. The molecule has 0 amide bonds. The zero-order valence-corrected chi connectivity index (χ0v) is 12.0. The molecular weight excluding hydrogens is 294 g/mol. The van der Waals surface area contributed by atoms with Crippen LogP contribution in [0.3, 0.4) is 0 Å². The molecule has 1 heterocycles. The SMILES string of the molecule is CC(C)[C@@H](N)c1nc(Cc2ccc(Br)cc2)no1. The van der Waals surface area contributed by atoms with Gasteiger partial charge in [-0.2, -0.15) is 4.98 Å². The fourth-order valence-electron chi connectivity index (χ4n) is 1.54. The van der Waals surface area contributed by atoms with Crippen LogP contribution in [0.2, 0.25) is 0 Å². The van der Waals surface area contributed by atoms with Crippen molar-refractivity contribution in [3.05, 3.63) is 46.0 Å². The molecule has 1 aromatic heterocycles. The van der Waals surface area contributed by atoms with Crippen molar-refractivity contribution in [3.8, 4) is 0 Å². The zero-order chi connectivity index (χ0) is 13.1. The van der Waals surface area contributed by atoms with Crippen molar-refractivity contribution in [2.45, 2.75) is 26.3 Å². The highest BCUT2D eigenvalue weighted by molar-refractivity contribution is 9.10. The van der Waals surface area contributed by atoms with Crippen LogP contribution in [-0.4, -0.2) is 10.1 Å². The number of aromatic nitrogens is 2. The van der Waals surface area contributed by atoms with E-state index in [9.17, 15) is 0 Å². The van der Waals surface area contributed by atoms with Gasteiger partial charge in [0, 0.05) is 10.9 Å². The van der Waals surface area contributed by atoms with Crippen molar-refractivity contribution < 1.29 is 4.52 Å². The molecular formula is C13H16BrN3O. The summed E-state index contributed by atoms with van der Waals surface area (Å²) in [6.45, 7) is 4.06. The van der Waals surface area contributed by atoms with Crippen LogP contribution in [0, 0.1) is 5.92 Å². The Labute approximate surface area is 115 Å². The molecule has 2 N–H and O–H groups in total. The van der Waals surface area contributed by atoms with Crippen molar-refractivity contribution in [3.63, 3.8) is 0 Å². The summed E-state index contributed by atoms with van der Waals surface area (Å²) in [7, 11) is 0. The molecule has 4 nitrogen and oxygen atoms in total. The van der Waals surface area contributed by atoms with E-state index in [4.69, 9.17) is 10.3 Å². The maximum absolute atomic E-state index is 5.96. The highest BCUT2D eigenvalue weighted by Crippen LogP contribution is 2.18. The normalized spacial score (nSPS) is 12.9. The summed E-state index contributed by atoms with van der Waals surface area (Å²) in [5.74, 6) is 1.46. The topological polar surface area (TPSA) is 64.9 Å². The fourth-order valence-corrected chi connectivity index (χ4v) is 1.81. The van der Waals surface area contributed by atoms with Gasteiger partial charge in [-0.1, -0.05) is 47.1 Å². The van der Waals surface area contributed by atoms with Crippen LogP contribution in [0.25, 0.3) is 0 Å². The largest absolute Gasteiger partial charge is 0.338 e. The molecule has 0 aliphatic heterocycles. The van der Waals surface area contributed by atoms with Gasteiger partial charge in [0.25, 0.3) is 0 Å². The standard InChI is InChI=1S/C13H16BrN3O/c1-8(2)12(15)13-16-11(17-18-13)7-9-3-5-10(14)6-4-9/h3-6,8,12H,7,15H2,1-2H3/t12-/m1/s1. The van der Waals surface area contributed by atoms with Gasteiger partial charge in [-0.05, 0) is 23.6 Å².